The number of furan rings is 1. The number of rotatable bonds is 2. The summed E-state index contributed by atoms with van der Waals surface area (Å²) in [6.45, 7) is 0.787. The first-order valence-corrected chi connectivity index (χ1v) is 4.68. The van der Waals surface area contributed by atoms with Gasteiger partial charge < -0.3 is 10.2 Å². The predicted octanol–water partition coefficient (Wildman–Crippen LogP) is 2.05. The molecule has 0 amide bonds. The van der Waals surface area contributed by atoms with Crippen molar-refractivity contribution < 1.29 is 4.42 Å². The van der Waals surface area contributed by atoms with Crippen molar-refractivity contribution in [2.24, 2.45) is 5.73 Å². The van der Waals surface area contributed by atoms with E-state index in [9.17, 15) is 0 Å². The highest BCUT2D eigenvalue weighted by atomic mass is 16.3. The normalized spacial score (nSPS) is 22.2. The van der Waals surface area contributed by atoms with Crippen LogP contribution >= 0.6 is 0 Å². The van der Waals surface area contributed by atoms with Gasteiger partial charge in [0, 0.05) is 6.42 Å². The van der Waals surface area contributed by atoms with Crippen LogP contribution in [-0.2, 0) is 6.42 Å². The molecule has 0 bridgehead atoms. The fraction of sp³-hybridized carbons (Fsp3) is 0.600. The second kappa shape index (κ2) is 3.31. The Morgan fingerprint density at radius 3 is 3.33 bits per heavy atom. The average molecular weight is 165 g/mol. The second-order valence-corrected chi connectivity index (χ2v) is 3.47. The van der Waals surface area contributed by atoms with Crippen LogP contribution in [0.15, 0.2) is 16.7 Å². The summed E-state index contributed by atoms with van der Waals surface area (Å²) in [5.41, 5.74) is 6.96. The molecule has 0 radical (unpaired) electrons. The van der Waals surface area contributed by atoms with Crippen LogP contribution in [0.1, 0.15) is 36.5 Å². The third-order valence-electron chi connectivity index (χ3n) is 2.69. The Bertz CT molecular complexity index is 254. The third kappa shape index (κ3) is 1.27. The molecule has 1 aromatic rings. The fourth-order valence-corrected chi connectivity index (χ4v) is 2.08. The first-order valence-electron chi connectivity index (χ1n) is 4.68. The standard InChI is InChI=1S/C10H15NO/c11-6-4-8-2-1-3-10-9(8)5-7-12-10/h5,7-8H,1-4,6,11H2. The monoisotopic (exact) mass is 165 g/mol. The molecule has 2 heteroatoms. The van der Waals surface area contributed by atoms with Crippen molar-refractivity contribution in [1.82, 2.24) is 0 Å². The van der Waals surface area contributed by atoms with Crippen LogP contribution in [0.5, 0.6) is 0 Å². The van der Waals surface area contributed by atoms with E-state index in [1.54, 1.807) is 6.26 Å². The highest BCUT2D eigenvalue weighted by Gasteiger charge is 2.21. The number of hydrogen-bond donors (Lipinski definition) is 1. The number of hydrogen-bond acceptors (Lipinski definition) is 2. The van der Waals surface area contributed by atoms with Crippen molar-refractivity contribution in [3.05, 3.63) is 23.7 Å². The first kappa shape index (κ1) is 7.87. The van der Waals surface area contributed by atoms with Crippen molar-refractivity contribution >= 4 is 0 Å². The van der Waals surface area contributed by atoms with E-state index in [-0.39, 0.29) is 0 Å². The molecule has 0 saturated heterocycles. The van der Waals surface area contributed by atoms with Gasteiger partial charge in [0.25, 0.3) is 0 Å². The molecule has 1 aliphatic carbocycles. The van der Waals surface area contributed by atoms with E-state index >= 15 is 0 Å². The maximum atomic E-state index is 5.55. The van der Waals surface area contributed by atoms with Gasteiger partial charge in [0.05, 0.1) is 6.26 Å². The van der Waals surface area contributed by atoms with Gasteiger partial charge in [-0.1, -0.05) is 0 Å². The smallest absolute Gasteiger partial charge is 0.107 e. The molecule has 1 atom stereocenters. The van der Waals surface area contributed by atoms with Crippen molar-refractivity contribution in [1.29, 1.82) is 0 Å². The van der Waals surface area contributed by atoms with Crippen molar-refractivity contribution in [2.75, 3.05) is 6.54 Å². The second-order valence-electron chi connectivity index (χ2n) is 3.47. The SMILES string of the molecule is NCCC1CCCc2occc21. The third-order valence-corrected chi connectivity index (χ3v) is 2.69. The minimum absolute atomic E-state index is 0.664. The van der Waals surface area contributed by atoms with Gasteiger partial charge in [-0.3, -0.25) is 0 Å². The molecule has 1 aromatic heterocycles. The highest BCUT2D eigenvalue weighted by Crippen LogP contribution is 2.33. The molecule has 0 aliphatic heterocycles. The van der Waals surface area contributed by atoms with Crippen LogP contribution in [0.4, 0.5) is 0 Å². The zero-order valence-corrected chi connectivity index (χ0v) is 7.25. The molecule has 0 fully saturated rings. The Morgan fingerprint density at radius 1 is 1.58 bits per heavy atom. The minimum atomic E-state index is 0.664. The van der Waals surface area contributed by atoms with Crippen LogP contribution in [0.3, 0.4) is 0 Å². The topological polar surface area (TPSA) is 39.2 Å². The predicted molar refractivity (Wildman–Crippen MR) is 48.1 cm³/mol. The molecule has 1 unspecified atom stereocenters. The largest absolute Gasteiger partial charge is 0.469 e. The molecule has 2 nitrogen and oxygen atoms in total. The van der Waals surface area contributed by atoms with Crippen LogP contribution in [0.2, 0.25) is 0 Å². The molecule has 66 valence electrons. The molecular weight excluding hydrogens is 150 g/mol. The maximum absolute atomic E-state index is 5.55. The summed E-state index contributed by atoms with van der Waals surface area (Å²) in [5.74, 6) is 1.86. The lowest BCUT2D eigenvalue weighted by Crippen LogP contribution is -2.12. The van der Waals surface area contributed by atoms with E-state index in [0.717, 1.165) is 19.4 Å². The van der Waals surface area contributed by atoms with E-state index < -0.39 is 0 Å². The molecule has 2 rings (SSSR count). The van der Waals surface area contributed by atoms with Crippen molar-refractivity contribution in [3.63, 3.8) is 0 Å². The van der Waals surface area contributed by atoms with E-state index in [1.807, 2.05) is 0 Å². The summed E-state index contributed by atoms with van der Waals surface area (Å²) in [4.78, 5) is 0. The Labute approximate surface area is 72.7 Å². The number of aryl methyl sites for hydroxylation is 1. The van der Waals surface area contributed by atoms with Gasteiger partial charge in [0.1, 0.15) is 5.76 Å². The summed E-state index contributed by atoms with van der Waals surface area (Å²) in [6.07, 6.45) is 6.56. The van der Waals surface area contributed by atoms with Crippen LogP contribution < -0.4 is 5.73 Å². The van der Waals surface area contributed by atoms with E-state index in [0.29, 0.717) is 5.92 Å². The molecule has 0 aromatic carbocycles. The van der Waals surface area contributed by atoms with Crippen LogP contribution in [0.25, 0.3) is 0 Å². The highest BCUT2D eigenvalue weighted by molar-refractivity contribution is 5.24. The van der Waals surface area contributed by atoms with E-state index in [4.69, 9.17) is 10.2 Å². The summed E-state index contributed by atoms with van der Waals surface area (Å²) in [7, 11) is 0. The fourth-order valence-electron chi connectivity index (χ4n) is 2.08. The summed E-state index contributed by atoms with van der Waals surface area (Å²) in [5, 5.41) is 0. The lowest BCUT2D eigenvalue weighted by Gasteiger charge is -2.20. The molecule has 1 heterocycles. The van der Waals surface area contributed by atoms with Crippen LogP contribution in [-0.4, -0.2) is 6.54 Å². The number of fused-ring (bicyclic) bond motifs is 1. The quantitative estimate of drug-likeness (QED) is 0.728. The Hall–Kier alpha value is -0.760. The zero-order valence-electron chi connectivity index (χ0n) is 7.25. The molecular formula is C10H15NO. The lowest BCUT2D eigenvalue weighted by atomic mass is 9.85. The summed E-state index contributed by atoms with van der Waals surface area (Å²) in [6, 6.07) is 2.11. The Kier molecular flexibility index (Phi) is 2.17. The average Bonchev–Trinajstić information content (AvgIpc) is 2.53. The van der Waals surface area contributed by atoms with Gasteiger partial charge in [-0.05, 0) is 43.4 Å². The minimum Gasteiger partial charge on any atom is -0.469 e. The molecule has 0 spiro atoms. The molecule has 2 N–H and O–H groups in total. The Balaban J connectivity index is 2.19. The molecule has 1 aliphatic rings. The summed E-state index contributed by atoms with van der Waals surface area (Å²) >= 11 is 0. The van der Waals surface area contributed by atoms with Gasteiger partial charge in [0.15, 0.2) is 0 Å². The molecule has 0 saturated carbocycles. The zero-order chi connectivity index (χ0) is 8.39. The van der Waals surface area contributed by atoms with Gasteiger partial charge >= 0.3 is 0 Å². The van der Waals surface area contributed by atoms with E-state index in [1.165, 1.54) is 24.2 Å². The van der Waals surface area contributed by atoms with Gasteiger partial charge in [-0.25, -0.2) is 0 Å². The Morgan fingerprint density at radius 2 is 2.50 bits per heavy atom. The summed E-state index contributed by atoms with van der Waals surface area (Å²) < 4.78 is 5.39. The van der Waals surface area contributed by atoms with Crippen molar-refractivity contribution in [2.45, 2.75) is 31.6 Å². The first-order chi connectivity index (χ1) is 5.92. The van der Waals surface area contributed by atoms with Crippen molar-refractivity contribution in [3.8, 4) is 0 Å². The van der Waals surface area contributed by atoms with Gasteiger partial charge in [0.2, 0.25) is 0 Å². The molecule has 12 heavy (non-hydrogen) atoms. The van der Waals surface area contributed by atoms with Crippen LogP contribution in [0, 0.1) is 0 Å². The number of nitrogens with two attached hydrogens (primary N) is 1. The van der Waals surface area contributed by atoms with Gasteiger partial charge in [-0.15, -0.1) is 0 Å². The van der Waals surface area contributed by atoms with E-state index in [2.05, 4.69) is 6.07 Å². The lowest BCUT2D eigenvalue weighted by molar-refractivity contribution is 0.441. The van der Waals surface area contributed by atoms with Gasteiger partial charge in [-0.2, -0.15) is 0 Å². The maximum Gasteiger partial charge on any atom is 0.107 e.